The summed E-state index contributed by atoms with van der Waals surface area (Å²) in [7, 11) is 0. The normalized spacial score (nSPS) is 19.1. The number of hydrogen-bond acceptors (Lipinski definition) is 1. The molecule has 0 spiro atoms. The molecule has 0 aliphatic heterocycles. The molecular weight excluding hydrogens is 201 g/mol. The van der Waals surface area contributed by atoms with Crippen molar-refractivity contribution in [1.29, 1.82) is 0 Å². The smallest absolute Gasteiger partial charge is 0.110 e. The molecule has 1 aromatic heterocycles. The first-order chi connectivity index (χ1) is 6.25. The summed E-state index contributed by atoms with van der Waals surface area (Å²) in [4.78, 5) is 3.55. The minimum absolute atomic E-state index is 0.0106. The van der Waals surface area contributed by atoms with Crippen LogP contribution < -0.4 is 0 Å². The third-order valence-electron chi connectivity index (χ3n) is 0.745. The first kappa shape index (κ1) is 2.89. The van der Waals surface area contributed by atoms with E-state index in [0.29, 0.717) is 0 Å². The molecular formula is C6H5BrClN. The topological polar surface area (TPSA) is 12.9 Å². The SMILES string of the molecule is [2H]c1nc(Br)c(C([2H])([2H])[2H])c(Cl)c1[2H]. The zero-order valence-corrected chi connectivity index (χ0v) is 6.55. The fourth-order valence-corrected chi connectivity index (χ4v) is 0.868. The van der Waals surface area contributed by atoms with Gasteiger partial charge in [-0.3, -0.25) is 0 Å². The maximum atomic E-state index is 7.31. The molecule has 3 heteroatoms. The van der Waals surface area contributed by atoms with Crippen molar-refractivity contribution in [1.82, 2.24) is 4.98 Å². The Morgan fingerprint density at radius 1 is 2.00 bits per heavy atom. The first-order valence-electron chi connectivity index (χ1n) is 4.58. The van der Waals surface area contributed by atoms with Gasteiger partial charge < -0.3 is 0 Å². The molecule has 0 aromatic carbocycles. The van der Waals surface area contributed by atoms with E-state index in [4.69, 9.17) is 18.5 Å². The van der Waals surface area contributed by atoms with Crippen LogP contribution in [-0.4, -0.2) is 4.98 Å². The van der Waals surface area contributed by atoms with Crippen molar-refractivity contribution in [2.45, 2.75) is 6.85 Å². The minimum atomic E-state index is -2.44. The van der Waals surface area contributed by atoms with Crippen molar-refractivity contribution in [3.8, 4) is 0 Å². The summed E-state index contributed by atoms with van der Waals surface area (Å²) in [5.74, 6) is 0. The predicted octanol–water partition coefficient (Wildman–Crippen LogP) is 2.81. The first-order valence-corrected chi connectivity index (χ1v) is 3.25. The second-order valence-corrected chi connectivity index (χ2v) is 2.46. The Labute approximate surface area is 74.2 Å². The van der Waals surface area contributed by atoms with Crippen LogP contribution in [0, 0.1) is 6.85 Å². The molecule has 1 aromatic rings. The van der Waals surface area contributed by atoms with E-state index in [-0.39, 0.29) is 27.4 Å². The fourth-order valence-electron chi connectivity index (χ4n) is 0.335. The van der Waals surface area contributed by atoms with Crippen LogP contribution in [0.5, 0.6) is 0 Å². The maximum Gasteiger partial charge on any atom is 0.110 e. The number of pyridine rings is 1. The molecule has 0 aliphatic rings. The second-order valence-electron chi connectivity index (χ2n) is 1.33. The highest BCUT2D eigenvalue weighted by Gasteiger charge is 1.97. The van der Waals surface area contributed by atoms with E-state index in [0.717, 1.165) is 0 Å². The van der Waals surface area contributed by atoms with E-state index < -0.39 is 6.85 Å². The highest BCUT2D eigenvalue weighted by molar-refractivity contribution is 9.10. The van der Waals surface area contributed by atoms with E-state index in [1.165, 1.54) is 0 Å². The molecule has 0 bridgehead atoms. The molecule has 0 atom stereocenters. The molecule has 1 heterocycles. The van der Waals surface area contributed by atoms with Gasteiger partial charge in [0.25, 0.3) is 0 Å². The number of aromatic nitrogens is 1. The van der Waals surface area contributed by atoms with Gasteiger partial charge in [-0.05, 0) is 28.8 Å². The molecule has 0 N–H and O–H groups in total. The van der Waals surface area contributed by atoms with Gasteiger partial charge in [0.1, 0.15) is 4.60 Å². The van der Waals surface area contributed by atoms with Crippen molar-refractivity contribution >= 4 is 27.5 Å². The number of rotatable bonds is 0. The third kappa shape index (κ3) is 1.43. The molecule has 0 fully saturated rings. The van der Waals surface area contributed by atoms with Crippen molar-refractivity contribution in [2.24, 2.45) is 0 Å². The average Bonchev–Trinajstić information content (AvgIpc) is 1.97. The van der Waals surface area contributed by atoms with Crippen LogP contribution in [0.3, 0.4) is 0 Å². The monoisotopic (exact) mass is 210 g/mol. The van der Waals surface area contributed by atoms with Gasteiger partial charge in [-0.15, -0.1) is 0 Å². The molecule has 1 nitrogen and oxygen atoms in total. The number of halogens is 2. The van der Waals surface area contributed by atoms with Crippen LogP contribution >= 0.6 is 27.5 Å². The summed E-state index contributed by atoms with van der Waals surface area (Å²) in [5, 5.41) is -0.253. The lowest BCUT2D eigenvalue weighted by molar-refractivity contribution is 1.22. The Balaban J connectivity index is 3.53. The standard InChI is InChI=1S/C6H5BrClN/c1-4-5(8)2-3-9-6(4)7/h2-3H,1H3/i1D3,2D,3D. The van der Waals surface area contributed by atoms with Gasteiger partial charge in [-0.25, -0.2) is 4.98 Å². The summed E-state index contributed by atoms with van der Waals surface area (Å²) in [6, 6.07) is -0.374. The van der Waals surface area contributed by atoms with Gasteiger partial charge in [0.2, 0.25) is 0 Å². The second kappa shape index (κ2) is 2.67. The lowest BCUT2D eigenvalue weighted by atomic mass is 10.3. The van der Waals surface area contributed by atoms with Crippen LogP contribution in [-0.2, 0) is 0 Å². The van der Waals surface area contributed by atoms with E-state index in [9.17, 15) is 0 Å². The largest absolute Gasteiger partial charge is 0.249 e. The molecule has 0 saturated heterocycles. The highest BCUT2D eigenvalue weighted by Crippen LogP contribution is 2.20. The van der Waals surface area contributed by atoms with Gasteiger partial charge in [0, 0.05) is 20.9 Å². The van der Waals surface area contributed by atoms with Crippen LogP contribution in [0.25, 0.3) is 0 Å². The Hall–Kier alpha value is -0.0800. The van der Waals surface area contributed by atoms with Crippen LogP contribution in [0.15, 0.2) is 16.8 Å². The van der Waals surface area contributed by atoms with Crippen LogP contribution in [0.1, 0.15) is 12.4 Å². The molecule has 0 radical (unpaired) electrons. The zero-order chi connectivity index (χ0) is 11.1. The van der Waals surface area contributed by atoms with Crippen LogP contribution in [0.2, 0.25) is 5.02 Å². The van der Waals surface area contributed by atoms with E-state index >= 15 is 0 Å². The van der Waals surface area contributed by atoms with Gasteiger partial charge in [0.05, 0.1) is 2.74 Å². The number of nitrogens with zero attached hydrogens (tertiary/aromatic N) is 1. The van der Waals surface area contributed by atoms with E-state index in [1.54, 1.807) is 0 Å². The fraction of sp³-hybridized carbons (Fsp3) is 0.167. The Bertz CT molecular complexity index is 377. The van der Waals surface area contributed by atoms with Crippen molar-refractivity contribution in [3.63, 3.8) is 0 Å². The van der Waals surface area contributed by atoms with E-state index in [1.807, 2.05) is 0 Å². The summed E-state index contributed by atoms with van der Waals surface area (Å²) in [5.41, 5.74) is -0.222. The molecule has 1 rings (SSSR count). The lowest BCUT2D eigenvalue weighted by Gasteiger charge is -1.96. The van der Waals surface area contributed by atoms with Gasteiger partial charge in [-0.2, -0.15) is 0 Å². The van der Waals surface area contributed by atoms with Crippen molar-refractivity contribution in [2.75, 3.05) is 0 Å². The molecule has 48 valence electrons. The summed E-state index contributed by atoms with van der Waals surface area (Å²) >= 11 is 8.56. The highest BCUT2D eigenvalue weighted by atomic mass is 79.9. The van der Waals surface area contributed by atoms with Crippen molar-refractivity contribution in [3.05, 3.63) is 27.4 Å². The molecule has 9 heavy (non-hydrogen) atoms. The minimum Gasteiger partial charge on any atom is -0.249 e. The maximum absolute atomic E-state index is 7.31. The average molecular weight is 212 g/mol. The molecule has 0 unspecified atom stereocenters. The Kier molecular flexibility index (Phi) is 0.856. The summed E-state index contributed by atoms with van der Waals surface area (Å²) < 4.78 is 36.0. The summed E-state index contributed by atoms with van der Waals surface area (Å²) in [6.07, 6.45) is -0.352. The van der Waals surface area contributed by atoms with E-state index in [2.05, 4.69) is 20.9 Å². The zero-order valence-electron chi connectivity index (χ0n) is 9.20. The number of hydrogen-bond donors (Lipinski definition) is 0. The van der Waals surface area contributed by atoms with Crippen molar-refractivity contribution < 1.29 is 6.85 Å². The lowest BCUT2D eigenvalue weighted by Crippen LogP contribution is -1.80. The molecule has 0 aliphatic carbocycles. The molecule has 0 amide bonds. The predicted molar refractivity (Wildman–Crippen MR) is 41.7 cm³/mol. The van der Waals surface area contributed by atoms with Crippen LogP contribution in [0.4, 0.5) is 0 Å². The van der Waals surface area contributed by atoms with Gasteiger partial charge in [-0.1, -0.05) is 11.6 Å². The third-order valence-corrected chi connectivity index (χ3v) is 1.60. The van der Waals surface area contributed by atoms with Gasteiger partial charge in [0.15, 0.2) is 0 Å². The Morgan fingerprint density at radius 3 is 3.44 bits per heavy atom. The van der Waals surface area contributed by atoms with Gasteiger partial charge >= 0.3 is 0 Å². The summed E-state index contributed by atoms with van der Waals surface area (Å²) in [6.45, 7) is -2.44. The Morgan fingerprint density at radius 2 is 2.78 bits per heavy atom. The molecule has 0 saturated carbocycles. The quantitative estimate of drug-likeness (QED) is 0.602.